The van der Waals surface area contributed by atoms with Crippen LogP contribution in [-0.2, 0) is 6.54 Å². The van der Waals surface area contributed by atoms with Crippen molar-refractivity contribution in [1.29, 1.82) is 0 Å². The Hall–Kier alpha value is -2.01. The van der Waals surface area contributed by atoms with Gasteiger partial charge in [-0.3, -0.25) is 0 Å². The zero-order valence-electron chi connectivity index (χ0n) is 13.1. The van der Waals surface area contributed by atoms with Crippen molar-refractivity contribution in [3.8, 4) is 0 Å². The van der Waals surface area contributed by atoms with E-state index in [-0.39, 0.29) is 12.6 Å². The van der Waals surface area contributed by atoms with E-state index >= 15 is 0 Å². The number of rotatable bonds is 7. The van der Waals surface area contributed by atoms with Gasteiger partial charge < -0.3 is 20.2 Å². The summed E-state index contributed by atoms with van der Waals surface area (Å²) < 4.78 is 0. The minimum absolute atomic E-state index is 0.0577. The standard InChI is InChI=1S/C16H25N3O2/c1-5-8-19(9-10-20)16(21)17-12-14-6-7-15(18(3)4)11-13(14)2/h5-7,11,20H,1,8-10,12H2,2-4H3,(H,17,21). The van der Waals surface area contributed by atoms with Gasteiger partial charge in [0.05, 0.1) is 6.61 Å². The fraction of sp³-hybridized carbons (Fsp3) is 0.438. The summed E-state index contributed by atoms with van der Waals surface area (Å²) in [5.74, 6) is 0. The van der Waals surface area contributed by atoms with Crippen LogP contribution in [0.5, 0.6) is 0 Å². The molecule has 0 radical (unpaired) electrons. The largest absolute Gasteiger partial charge is 0.395 e. The lowest BCUT2D eigenvalue weighted by molar-refractivity contribution is 0.183. The maximum absolute atomic E-state index is 12.0. The number of hydrogen-bond donors (Lipinski definition) is 2. The number of anilines is 1. The molecular formula is C16H25N3O2. The third kappa shape index (κ3) is 5.11. The van der Waals surface area contributed by atoms with E-state index in [1.54, 1.807) is 6.08 Å². The molecule has 2 amide bonds. The van der Waals surface area contributed by atoms with Crippen molar-refractivity contribution in [3.63, 3.8) is 0 Å². The van der Waals surface area contributed by atoms with E-state index in [1.807, 2.05) is 38.1 Å². The van der Waals surface area contributed by atoms with E-state index in [0.29, 0.717) is 19.6 Å². The molecule has 21 heavy (non-hydrogen) atoms. The first-order chi connectivity index (χ1) is 9.99. The summed E-state index contributed by atoms with van der Waals surface area (Å²) >= 11 is 0. The lowest BCUT2D eigenvalue weighted by atomic mass is 10.1. The van der Waals surface area contributed by atoms with Gasteiger partial charge in [0.15, 0.2) is 0 Å². The van der Waals surface area contributed by atoms with Gasteiger partial charge in [0, 0.05) is 39.4 Å². The van der Waals surface area contributed by atoms with Gasteiger partial charge in [-0.15, -0.1) is 6.58 Å². The Labute approximate surface area is 126 Å². The van der Waals surface area contributed by atoms with E-state index in [4.69, 9.17) is 5.11 Å². The quantitative estimate of drug-likeness (QED) is 0.753. The summed E-state index contributed by atoms with van der Waals surface area (Å²) in [6.07, 6.45) is 1.65. The van der Waals surface area contributed by atoms with Crippen LogP contribution in [0, 0.1) is 6.92 Å². The van der Waals surface area contributed by atoms with Crippen LogP contribution < -0.4 is 10.2 Å². The molecule has 0 aliphatic rings. The first kappa shape index (κ1) is 17.0. The molecule has 2 N–H and O–H groups in total. The highest BCUT2D eigenvalue weighted by atomic mass is 16.3. The number of nitrogens with zero attached hydrogens (tertiary/aromatic N) is 2. The van der Waals surface area contributed by atoms with Gasteiger partial charge in [-0.05, 0) is 30.2 Å². The van der Waals surface area contributed by atoms with Gasteiger partial charge in [-0.2, -0.15) is 0 Å². The normalized spacial score (nSPS) is 10.1. The highest BCUT2D eigenvalue weighted by Crippen LogP contribution is 2.17. The first-order valence-corrected chi connectivity index (χ1v) is 7.01. The predicted octanol–water partition coefficient (Wildman–Crippen LogP) is 1.75. The summed E-state index contributed by atoms with van der Waals surface area (Å²) in [6, 6.07) is 5.95. The Balaban J connectivity index is 2.65. The van der Waals surface area contributed by atoms with Crippen LogP contribution in [0.1, 0.15) is 11.1 Å². The molecular weight excluding hydrogens is 266 g/mol. The zero-order chi connectivity index (χ0) is 15.8. The SMILES string of the molecule is C=CCN(CCO)C(=O)NCc1ccc(N(C)C)cc1C. The Morgan fingerprint density at radius 1 is 1.43 bits per heavy atom. The maximum atomic E-state index is 12.0. The van der Waals surface area contributed by atoms with Crippen molar-refractivity contribution in [3.05, 3.63) is 42.0 Å². The van der Waals surface area contributed by atoms with E-state index in [2.05, 4.69) is 18.0 Å². The molecule has 0 bridgehead atoms. The third-order valence-corrected chi connectivity index (χ3v) is 3.28. The van der Waals surface area contributed by atoms with Crippen molar-refractivity contribution >= 4 is 11.7 Å². The fourth-order valence-electron chi connectivity index (χ4n) is 1.99. The molecule has 0 aliphatic heterocycles. The molecule has 5 nitrogen and oxygen atoms in total. The van der Waals surface area contributed by atoms with E-state index < -0.39 is 0 Å². The van der Waals surface area contributed by atoms with E-state index in [0.717, 1.165) is 16.8 Å². The van der Waals surface area contributed by atoms with Gasteiger partial charge in [0.25, 0.3) is 0 Å². The summed E-state index contributed by atoms with van der Waals surface area (Å²) in [6.45, 7) is 6.78. The summed E-state index contributed by atoms with van der Waals surface area (Å²) in [5.41, 5.74) is 3.35. The van der Waals surface area contributed by atoms with Gasteiger partial charge in [-0.25, -0.2) is 4.79 Å². The molecule has 0 unspecified atom stereocenters. The minimum atomic E-state index is -0.194. The minimum Gasteiger partial charge on any atom is -0.395 e. The molecule has 1 aromatic carbocycles. The number of amides is 2. The molecule has 0 fully saturated rings. The molecule has 0 saturated carbocycles. The highest BCUT2D eigenvalue weighted by molar-refractivity contribution is 5.74. The molecule has 5 heteroatoms. The third-order valence-electron chi connectivity index (χ3n) is 3.28. The number of nitrogens with one attached hydrogen (secondary N) is 1. The average Bonchev–Trinajstić information content (AvgIpc) is 2.45. The highest BCUT2D eigenvalue weighted by Gasteiger charge is 2.11. The van der Waals surface area contributed by atoms with Gasteiger partial charge in [-0.1, -0.05) is 12.1 Å². The lowest BCUT2D eigenvalue weighted by Gasteiger charge is -2.21. The topological polar surface area (TPSA) is 55.8 Å². The second-order valence-electron chi connectivity index (χ2n) is 5.12. The molecule has 116 valence electrons. The molecule has 0 spiro atoms. The van der Waals surface area contributed by atoms with E-state index in [9.17, 15) is 4.79 Å². The molecule has 1 rings (SSSR count). The van der Waals surface area contributed by atoms with E-state index in [1.165, 1.54) is 4.90 Å². The Morgan fingerprint density at radius 3 is 2.67 bits per heavy atom. The monoisotopic (exact) mass is 291 g/mol. The molecule has 0 saturated heterocycles. The van der Waals surface area contributed by atoms with Crippen LogP contribution in [0.15, 0.2) is 30.9 Å². The second kappa shape index (κ2) is 8.32. The second-order valence-corrected chi connectivity index (χ2v) is 5.12. The van der Waals surface area contributed by atoms with Crippen LogP contribution in [-0.4, -0.2) is 49.8 Å². The van der Waals surface area contributed by atoms with Crippen molar-refractivity contribution in [1.82, 2.24) is 10.2 Å². The van der Waals surface area contributed by atoms with Crippen LogP contribution in [0.2, 0.25) is 0 Å². The van der Waals surface area contributed by atoms with Gasteiger partial charge >= 0.3 is 6.03 Å². The number of carbonyl (C=O) groups excluding carboxylic acids is 1. The summed E-state index contributed by atoms with van der Waals surface area (Å²) in [5, 5.41) is 11.8. The summed E-state index contributed by atoms with van der Waals surface area (Å²) in [7, 11) is 4.00. The van der Waals surface area contributed by atoms with Crippen LogP contribution in [0.3, 0.4) is 0 Å². The number of carbonyl (C=O) groups is 1. The van der Waals surface area contributed by atoms with Crippen molar-refractivity contribution < 1.29 is 9.90 Å². The van der Waals surface area contributed by atoms with Crippen molar-refractivity contribution in [2.24, 2.45) is 0 Å². The van der Waals surface area contributed by atoms with Gasteiger partial charge in [0.2, 0.25) is 0 Å². The number of aliphatic hydroxyl groups is 1. The number of aliphatic hydroxyl groups excluding tert-OH is 1. The molecule has 0 aliphatic carbocycles. The number of urea groups is 1. The van der Waals surface area contributed by atoms with Gasteiger partial charge in [0.1, 0.15) is 0 Å². The predicted molar refractivity (Wildman–Crippen MR) is 86.6 cm³/mol. The van der Waals surface area contributed by atoms with Crippen molar-refractivity contribution in [2.45, 2.75) is 13.5 Å². The Morgan fingerprint density at radius 2 is 2.14 bits per heavy atom. The first-order valence-electron chi connectivity index (χ1n) is 7.01. The molecule has 0 aromatic heterocycles. The molecule has 0 atom stereocenters. The zero-order valence-corrected chi connectivity index (χ0v) is 13.1. The van der Waals surface area contributed by atoms with Crippen LogP contribution in [0.25, 0.3) is 0 Å². The maximum Gasteiger partial charge on any atom is 0.318 e. The van der Waals surface area contributed by atoms with Crippen molar-refractivity contribution in [2.75, 3.05) is 38.7 Å². The fourth-order valence-corrected chi connectivity index (χ4v) is 1.99. The number of hydrogen-bond acceptors (Lipinski definition) is 3. The lowest BCUT2D eigenvalue weighted by Crippen LogP contribution is -2.41. The number of aryl methyl sites for hydroxylation is 1. The summed E-state index contributed by atoms with van der Waals surface area (Å²) in [4.78, 5) is 15.6. The Bertz CT molecular complexity index is 486. The van der Waals surface area contributed by atoms with Crippen LogP contribution >= 0.6 is 0 Å². The number of benzene rings is 1. The Kier molecular flexibility index (Phi) is 6.75. The average molecular weight is 291 g/mol. The molecule has 0 heterocycles. The van der Waals surface area contributed by atoms with Crippen LogP contribution in [0.4, 0.5) is 10.5 Å². The smallest absolute Gasteiger partial charge is 0.318 e. The molecule has 1 aromatic rings.